The molecular formula is C33H58N7O18P3S. The van der Waals surface area contributed by atoms with Gasteiger partial charge in [-0.3, -0.25) is 32.5 Å². The van der Waals surface area contributed by atoms with Crippen LogP contribution in [0.4, 0.5) is 5.82 Å². The Hall–Kier alpha value is -2.48. The fourth-order valence-corrected chi connectivity index (χ4v) is 9.56. The summed E-state index contributed by atoms with van der Waals surface area (Å²) in [5.41, 5.74) is 4.25. The SMILES string of the molecule is CCCCCCCCC[C@H](O)CC(=O)SCCNC(=O)CCNC(=O)[C@H](O)C(C)(C)COP(=O)(O)OP(=O)(O)OC[C@H]1O[C@@H](n2cnc3c(N)ncnc32)[C@H](O)[C@@H]1OP(=O)(O)O. The van der Waals surface area contributed by atoms with Crippen molar-refractivity contribution in [2.24, 2.45) is 5.41 Å². The molecular weight excluding hydrogens is 907 g/mol. The number of imidazole rings is 1. The number of thioether (sulfide) groups is 1. The number of nitrogens with zero attached hydrogens (tertiary/aromatic N) is 4. The molecule has 1 fully saturated rings. The van der Waals surface area contributed by atoms with E-state index < -0.39 is 90.7 Å². The Bertz CT molecular complexity index is 1920. The topological polar surface area (TPSA) is 384 Å². The Balaban J connectivity index is 1.39. The van der Waals surface area contributed by atoms with E-state index in [4.69, 9.17) is 19.5 Å². The second-order valence-electron chi connectivity index (χ2n) is 15.1. The summed E-state index contributed by atoms with van der Waals surface area (Å²) in [7, 11) is -16.4. The molecule has 8 atom stereocenters. The highest BCUT2D eigenvalue weighted by Crippen LogP contribution is 2.61. The van der Waals surface area contributed by atoms with E-state index in [9.17, 15) is 63.0 Å². The summed E-state index contributed by atoms with van der Waals surface area (Å²) in [6.07, 6.45) is 0.648. The Morgan fingerprint density at radius 3 is 2.31 bits per heavy atom. The number of phosphoric ester groups is 3. The van der Waals surface area contributed by atoms with Crippen LogP contribution in [0.1, 0.15) is 91.2 Å². The molecule has 0 saturated carbocycles. The number of nitrogens with one attached hydrogen (secondary N) is 2. The number of aromatic nitrogens is 4. The number of amides is 2. The minimum Gasteiger partial charge on any atom is -0.393 e. The summed E-state index contributed by atoms with van der Waals surface area (Å²) in [6.45, 7) is 2.55. The Morgan fingerprint density at radius 1 is 0.968 bits per heavy atom. The van der Waals surface area contributed by atoms with Crippen LogP contribution in [-0.4, -0.2) is 134 Å². The van der Waals surface area contributed by atoms with Crippen LogP contribution in [0, 0.1) is 5.41 Å². The van der Waals surface area contributed by atoms with Crippen LogP contribution >= 0.6 is 35.2 Å². The summed E-state index contributed by atoms with van der Waals surface area (Å²) in [4.78, 5) is 88.1. The van der Waals surface area contributed by atoms with Crippen molar-refractivity contribution in [3.63, 3.8) is 0 Å². The summed E-state index contributed by atoms with van der Waals surface area (Å²) in [6, 6.07) is 0. The van der Waals surface area contributed by atoms with Gasteiger partial charge in [0.25, 0.3) is 0 Å². The molecule has 2 aromatic heterocycles. The number of aliphatic hydroxyl groups is 3. The fourth-order valence-electron chi connectivity index (χ4n) is 5.99. The highest BCUT2D eigenvalue weighted by Gasteiger charge is 2.50. The van der Waals surface area contributed by atoms with Gasteiger partial charge in [-0.15, -0.1) is 0 Å². The third kappa shape index (κ3) is 18.2. The van der Waals surface area contributed by atoms with Gasteiger partial charge < -0.3 is 56.0 Å². The molecule has 0 aliphatic carbocycles. The number of nitrogen functional groups attached to an aromatic ring is 1. The van der Waals surface area contributed by atoms with Crippen LogP contribution in [0.2, 0.25) is 0 Å². The average molecular weight is 966 g/mol. The largest absolute Gasteiger partial charge is 0.481 e. The number of fused-ring (bicyclic) bond motifs is 1. The second kappa shape index (κ2) is 24.7. The first-order valence-electron chi connectivity index (χ1n) is 19.7. The quantitative estimate of drug-likeness (QED) is 0.0408. The van der Waals surface area contributed by atoms with Crippen LogP contribution in [-0.2, 0) is 50.7 Å². The van der Waals surface area contributed by atoms with Crippen LogP contribution in [0.15, 0.2) is 12.7 Å². The molecule has 3 heterocycles. The minimum absolute atomic E-state index is 0.0241. The van der Waals surface area contributed by atoms with Crippen molar-refractivity contribution in [1.29, 1.82) is 0 Å². The summed E-state index contributed by atoms with van der Waals surface area (Å²) in [5, 5.41) is 36.4. The molecule has 29 heteroatoms. The number of anilines is 1. The molecule has 0 aromatic carbocycles. The van der Waals surface area contributed by atoms with E-state index in [1.807, 2.05) is 0 Å². The number of rotatable bonds is 29. The number of hydrogen-bond acceptors (Lipinski definition) is 19. The molecule has 0 spiro atoms. The number of aliphatic hydroxyl groups excluding tert-OH is 3. The minimum atomic E-state index is -5.58. The Labute approximate surface area is 361 Å². The van der Waals surface area contributed by atoms with Gasteiger partial charge in [-0.2, -0.15) is 4.31 Å². The zero-order valence-corrected chi connectivity index (χ0v) is 38.0. The molecule has 3 rings (SSSR count). The standard InChI is InChI=1S/C33H58N7O18P3S/c1-4-5-6-7-8-9-10-11-21(41)16-24(43)62-15-14-35-23(42)12-13-36-31(46)28(45)33(2,3)18-55-61(52,53)58-60(50,51)54-17-22-27(57-59(47,48)49)26(44)32(56-22)40-20-39-25-29(34)37-19-38-30(25)40/h19-22,26-28,32,41,44-45H,4-18H2,1-3H3,(H,35,42)(H,36,46)(H,50,51)(H,52,53)(H2,34,37,38)(H2,47,48,49)/t21-,22+,26+,27+,28-,32+/m0/s1. The lowest BCUT2D eigenvalue weighted by Gasteiger charge is -2.30. The van der Waals surface area contributed by atoms with Gasteiger partial charge in [0.1, 0.15) is 36.3 Å². The lowest BCUT2D eigenvalue weighted by Crippen LogP contribution is -2.46. The molecule has 11 N–H and O–H groups in total. The molecule has 25 nitrogen and oxygen atoms in total. The van der Waals surface area contributed by atoms with Gasteiger partial charge in [0, 0.05) is 37.1 Å². The van der Waals surface area contributed by atoms with Crippen LogP contribution < -0.4 is 16.4 Å². The van der Waals surface area contributed by atoms with Crippen LogP contribution in [0.5, 0.6) is 0 Å². The van der Waals surface area contributed by atoms with Crippen molar-refractivity contribution in [3.8, 4) is 0 Å². The molecule has 2 unspecified atom stereocenters. The number of carbonyl (C=O) groups is 3. The molecule has 2 amide bonds. The smallest absolute Gasteiger partial charge is 0.393 e. The van der Waals surface area contributed by atoms with Crippen LogP contribution in [0.3, 0.4) is 0 Å². The maximum Gasteiger partial charge on any atom is 0.481 e. The van der Waals surface area contributed by atoms with E-state index in [-0.39, 0.29) is 53.8 Å². The van der Waals surface area contributed by atoms with Crippen molar-refractivity contribution >= 4 is 69.1 Å². The Morgan fingerprint density at radius 2 is 1.63 bits per heavy atom. The van der Waals surface area contributed by atoms with E-state index in [2.05, 4.69) is 41.3 Å². The monoisotopic (exact) mass is 965 g/mol. The molecule has 0 bridgehead atoms. The molecule has 1 aliphatic heterocycles. The van der Waals surface area contributed by atoms with Gasteiger partial charge in [0.15, 0.2) is 22.8 Å². The van der Waals surface area contributed by atoms with Crippen molar-refractivity contribution < 1.29 is 85.6 Å². The first kappa shape index (κ1) is 53.9. The third-order valence-corrected chi connectivity index (χ3v) is 13.3. The number of carbonyl (C=O) groups excluding carboxylic acids is 3. The van der Waals surface area contributed by atoms with Gasteiger partial charge in [-0.05, 0) is 6.42 Å². The van der Waals surface area contributed by atoms with Crippen molar-refractivity contribution in [2.45, 2.75) is 122 Å². The number of nitrogens with two attached hydrogens (primary N) is 1. The Kier molecular flexibility index (Phi) is 21.5. The zero-order valence-electron chi connectivity index (χ0n) is 34.5. The molecule has 0 radical (unpaired) electrons. The zero-order chi connectivity index (χ0) is 46.3. The molecule has 354 valence electrons. The highest BCUT2D eigenvalue weighted by molar-refractivity contribution is 8.13. The van der Waals surface area contributed by atoms with Crippen molar-refractivity contribution in [3.05, 3.63) is 12.7 Å². The summed E-state index contributed by atoms with van der Waals surface area (Å²) in [5.74, 6) is -1.22. The number of ether oxygens (including phenoxy) is 1. The first-order chi connectivity index (χ1) is 28.9. The first-order valence-corrected chi connectivity index (χ1v) is 25.2. The normalized spacial score (nSPS) is 21.3. The molecule has 2 aromatic rings. The van der Waals surface area contributed by atoms with E-state index >= 15 is 0 Å². The van der Waals surface area contributed by atoms with Gasteiger partial charge in [0.2, 0.25) is 11.8 Å². The van der Waals surface area contributed by atoms with E-state index in [0.29, 0.717) is 6.42 Å². The highest BCUT2D eigenvalue weighted by atomic mass is 32.2. The summed E-state index contributed by atoms with van der Waals surface area (Å²) < 4.78 is 62.3. The lowest BCUT2D eigenvalue weighted by molar-refractivity contribution is -0.137. The third-order valence-electron chi connectivity index (χ3n) is 9.31. The fraction of sp³-hybridized carbons (Fsp3) is 0.758. The summed E-state index contributed by atoms with van der Waals surface area (Å²) >= 11 is 0.991. The predicted octanol–water partition coefficient (Wildman–Crippen LogP) is 1.56. The second-order valence-corrected chi connectivity index (χ2v) is 20.4. The predicted molar refractivity (Wildman–Crippen MR) is 220 cm³/mol. The average Bonchev–Trinajstić information content (AvgIpc) is 3.74. The maximum atomic E-state index is 12.7. The van der Waals surface area contributed by atoms with Crippen molar-refractivity contribution in [1.82, 2.24) is 30.2 Å². The van der Waals surface area contributed by atoms with E-state index in [1.165, 1.54) is 39.5 Å². The maximum absolute atomic E-state index is 12.7. The van der Waals surface area contributed by atoms with Gasteiger partial charge in [-0.1, -0.05) is 77.5 Å². The van der Waals surface area contributed by atoms with E-state index in [1.54, 1.807) is 0 Å². The van der Waals surface area contributed by atoms with E-state index in [0.717, 1.165) is 48.2 Å². The van der Waals surface area contributed by atoms with Crippen LogP contribution in [0.25, 0.3) is 11.2 Å². The van der Waals surface area contributed by atoms with Gasteiger partial charge >= 0.3 is 23.5 Å². The molecule has 1 saturated heterocycles. The molecule has 62 heavy (non-hydrogen) atoms. The van der Waals surface area contributed by atoms with Crippen molar-refractivity contribution in [2.75, 3.05) is 37.8 Å². The number of phosphoric acid groups is 3. The number of hydrogen-bond donors (Lipinski definition) is 10. The lowest BCUT2D eigenvalue weighted by atomic mass is 9.87. The van der Waals surface area contributed by atoms with Gasteiger partial charge in [-0.25, -0.2) is 28.6 Å². The van der Waals surface area contributed by atoms with Gasteiger partial charge in [0.05, 0.1) is 25.6 Å². The number of unbranched alkanes of at least 4 members (excludes halogenated alkanes) is 6. The molecule has 1 aliphatic rings.